The zero-order valence-corrected chi connectivity index (χ0v) is 4.77. The van der Waals surface area contributed by atoms with Crippen LogP contribution in [-0.4, -0.2) is 5.91 Å². The second-order valence-electron chi connectivity index (χ2n) is 1.51. The van der Waals surface area contributed by atoms with Gasteiger partial charge in [-0.25, -0.2) is 0 Å². The van der Waals surface area contributed by atoms with Crippen molar-refractivity contribution in [2.24, 2.45) is 11.7 Å². The fourth-order valence-corrected chi connectivity index (χ4v) is 0.374. The molecule has 1 atom stereocenters. The van der Waals surface area contributed by atoms with Crippen LogP contribution in [0.1, 0.15) is 13.3 Å². The van der Waals surface area contributed by atoms with Crippen molar-refractivity contribution < 1.29 is 4.79 Å². The van der Waals surface area contributed by atoms with Gasteiger partial charge in [-0.2, -0.15) is 0 Å². The summed E-state index contributed by atoms with van der Waals surface area (Å²) in [6.07, 6.45) is 7.11. The summed E-state index contributed by atoms with van der Waals surface area (Å²) in [4.78, 5) is 10.2. The summed E-state index contributed by atoms with van der Waals surface area (Å²) in [5.41, 5.74) is 4.84. The smallest absolute Gasteiger partial charge is 0.232 e. The Morgan fingerprint density at radius 2 is 2.50 bits per heavy atom. The number of hydrogen-bond donors (Lipinski definition) is 1. The van der Waals surface area contributed by atoms with Gasteiger partial charge in [0.15, 0.2) is 0 Å². The molecule has 0 aliphatic heterocycles. The number of nitrogens with two attached hydrogens (primary N) is 1. The van der Waals surface area contributed by atoms with Gasteiger partial charge in [-0.05, 0) is 12.8 Å². The van der Waals surface area contributed by atoms with Crippen molar-refractivity contribution in [2.75, 3.05) is 0 Å². The first-order valence-corrected chi connectivity index (χ1v) is 2.44. The van der Waals surface area contributed by atoms with E-state index in [9.17, 15) is 4.79 Å². The minimum atomic E-state index is -0.491. The molecule has 2 nitrogen and oxygen atoms in total. The summed E-state index contributed by atoms with van der Waals surface area (Å²) in [7, 11) is 0. The van der Waals surface area contributed by atoms with Crippen molar-refractivity contribution in [1.29, 1.82) is 0 Å². The average molecular weight is 110 g/mol. The Kier molecular flexibility index (Phi) is 2.71. The van der Waals surface area contributed by atoms with E-state index in [2.05, 4.69) is 0 Å². The molecular formula is C6H8NO. The van der Waals surface area contributed by atoms with Crippen LogP contribution in [0.4, 0.5) is 0 Å². The Labute approximate surface area is 49.1 Å². The van der Waals surface area contributed by atoms with Crippen LogP contribution in [0.5, 0.6) is 0 Å². The van der Waals surface area contributed by atoms with Crippen molar-refractivity contribution in [1.82, 2.24) is 0 Å². The molecule has 43 valence electrons. The van der Waals surface area contributed by atoms with E-state index in [0.29, 0.717) is 6.42 Å². The Hall–Kier alpha value is -0.970. The summed E-state index contributed by atoms with van der Waals surface area (Å²) in [5, 5.41) is 0. The molecule has 0 fully saturated rings. The van der Waals surface area contributed by atoms with Crippen LogP contribution in [0.15, 0.2) is 0 Å². The highest BCUT2D eigenvalue weighted by Crippen LogP contribution is 1.96. The number of hydrogen-bond acceptors (Lipinski definition) is 1. The molecule has 0 aromatic heterocycles. The molecule has 0 heterocycles. The predicted octanol–water partition coefficient (Wildman–Crippen LogP) is 0.0877. The van der Waals surface area contributed by atoms with Crippen LogP contribution in [0.25, 0.3) is 0 Å². The number of carbonyl (C=O) groups is 1. The molecule has 8 heavy (non-hydrogen) atoms. The molecule has 0 aliphatic carbocycles. The molecule has 0 spiro atoms. The summed E-state index contributed by atoms with van der Waals surface area (Å²) in [5.74, 6) is 1.07. The molecule has 0 aliphatic rings. The van der Waals surface area contributed by atoms with E-state index < -0.39 is 11.8 Å². The van der Waals surface area contributed by atoms with Gasteiger partial charge in [0.2, 0.25) is 5.91 Å². The van der Waals surface area contributed by atoms with E-state index in [-0.39, 0.29) is 0 Å². The first kappa shape index (κ1) is 7.03. The molecule has 0 bridgehead atoms. The highest BCUT2D eigenvalue weighted by atomic mass is 16.1. The van der Waals surface area contributed by atoms with Crippen LogP contribution in [-0.2, 0) is 4.79 Å². The van der Waals surface area contributed by atoms with Gasteiger partial charge in [-0.15, -0.1) is 0 Å². The maximum absolute atomic E-state index is 10.2. The minimum absolute atomic E-state index is 0.470. The van der Waals surface area contributed by atoms with E-state index in [1.165, 1.54) is 0 Å². The van der Waals surface area contributed by atoms with Gasteiger partial charge in [0.25, 0.3) is 0 Å². The molecule has 0 aromatic carbocycles. The van der Waals surface area contributed by atoms with E-state index in [1.54, 1.807) is 6.92 Å². The van der Waals surface area contributed by atoms with Gasteiger partial charge in [0, 0.05) is 0 Å². The maximum Gasteiger partial charge on any atom is 0.232 e. The van der Waals surface area contributed by atoms with Gasteiger partial charge in [-0.1, -0.05) is 12.8 Å². The third-order valence-electron chi connectivity index (χ3n) is 0.926. The van der Waals surface area contributed by atoms with Gasteiger partial charge in [0.1, 0.15) is 0 Å². The second kappa shape index (κ2) is 3.09. The molecule has 1 unspecified atom stereocenters. The van der Waals surface area contributed by atoms with Crippen molar-refractivity contribution in [3.63, 3.8) is 0 Å². The zero-order valence-electron chi connectivity index (χ0n) is 4.77. The lowest BCUT2D eigenvalue weighted by molar-refractivity contribution is -0.120. The number of rotatable bonds is 2. The average Bonchev–Trinajstić information content (AvgIpc) is 1.69. The van der Waals surface area contributed by atoms with Crippen LogP contribution < -0.4 is 5.73 Å². The predicted molar refractivity (Wildman–Crippen MR) is 30.1 cm³/mol. The molecule has 0 saturated heterocycles. The molecule has 2 N–H and O–H groups in total. The van der Waals surface area contributed by atoms with Crippen LogP contribution in [0, 0.1) is 18.3 Å². The lowest BCUT2D eigenvalue weighted by atomic mass is 10.1. The molecule has 2 heteroatoms. The zero-order chi connectivity index (χ0) is 6.57. The van der Waals surface area contributed by atoms with E-state index in [4.69, 9.17) is 12.2 Å². The molecule has 0 saturated carbocycles. The van der Waals surface area contributed by atoms with Gasteiger partial charge in [-0.3, -0.25) is 4.79 Å². The topological polar surface area (TPSA) is 43.1 Å². The lowest BCUT2D eigenvalue weighted by Gasteiger charge is -1.97. The Morgan fingerprint density at radius 3 is 2.50 bits per heavy atom. The third kappa shape index (κ3) is 1.65. The van der Waals surface area contributed by atoms with Crippen LogP contribution in [0.2, 0.25) is 0 Å². The van der Waals surface area contributed by atoms with Crippen molar-refractivity contribution in [3.8, 4) is 5.92 Å². The SMILES string of the molecule is [C]#CC(CC)C(N)=O. The Bertz CT molecular complexity index is 123. The van der Waals surface area contributed by atoms with Gasteiger partial charge < -0.3 is 5.73 Å². The van der Waals surface area contributed by atoms with Crippen molar-refractivity contribution in [2.45, 2.75) is 13.3 Å². The highest BCUT2D eigenvalue weighted by molar-refractivity contribution is 5.79. The van der Waals surface area contributed by atoms with E-state index >= 15 is 0 Å². The van der Waals surface area contributed by atoms with E-state index in [1.807, 2.05) is 5.92 Å². The molecule has 1 radical (unpaired) electrons. The summed E-state index contributed by atoms with van der Waals surface area (Å²) in [6.45, 7) is 1.79. The summed E-state index contributed by atoms with van der Waals surface area (Å²) >= 11 is 0. The molecule has 1 amide bonds. The Balaban J connectivity index is 3.76. The minimum Gasteiger partial charge on any atom is -0.369 e. The van der Waals surface area contributed by atoms with E-state index in [0.717, 1.165) is 0 Å². The van der Waals surface area contributed by atoms with Crippen LogP contribution in [0.3, 0.4) is 0 Å². The molecular weight excluding hydrogens is 102 g/mol. The van der Waals surface area contributed by atoms with Gasteiger partial charge >= 0.3 is 0 Å². The molecule has 0 aromatic rings. The first-order valence-electron chi connectivity index (χ1n) is 2.44. The molecule has 0 rings (SSSR count). The van der Waals surface area contributed by atoms with Crippen LogP contribution >= 0.6 is 0 Å². The quantitative estimate of drug-likeness (QED) is 0.503. The van der Waals surface area contributed by atoms with Crippen molar-refractivity contribution in [3.05, 3.63) is 6.42 Å². The normalized spacial score (nSPS) is 12.0. The second-order valence-corrected chi connectivity index (χ2v) is 1.51. The Morgan fingerprint density at radius 1 is 2.00 bits per heavy atom. The third-order valence-corrected chi connectivity index (χ3v) is 0.926. The number of primary amides is 1. The fourth-order valence-electron chi connectivity index (χ4n) is 0.374. The first-order chi connectivity index (χ1) is 3.72. The standard InChI is InChI=1S/C6H8NO/c1-3-5(4-2)6(7)8/h5H,3H2,1H3,(H2,7,8). The fraction of sp³-hybridized carbons (Fsp3) is 0.500. The highest BCUT2D eigenvalue weighted by Gasteiger charge is 2.06. The summed E-state index contributed by atoms with van der Waals surface area (Å²) in [6, 6.07) is 0. The van der Waals surface area contributed by atoms with Crippen molar-refractivity contribution >= 4 is 5.91 Å². The maximum atomic E-state index is 10.2. The van der Waals surface area contributed by atoms with Gasteiger partial charge in [0.05, 0.1) is 5.92 Å². The summed E-state index contributed by atoms with van der Waals surface area (Å²) < 4.78 is 0. The lowest BCUT2D eigenvalue weighted by Crippen LogP contribution is -2.20. The monoisotopic (exact) mass is 110 g/mol. The largest absolute Gasteiger partial charge is 0.369 e. The number of carbonyl (C=O) groups excluding carboxylic acids is 1. The number of amides is 1.